The van der Waals surface area contributed by atoms with Crippen LogP contribution in [0.25, 0.3) is 11.3 Å². The van der Waals surface area contributed by atoms with Crippen LogP contribution in [0.5, 0.6) is 0 Å². The van der Waals surface area contributed by atoms with Crippen LogP contribution in [-0.2, 0) is 11.2 Å². The number of halogens is 1. The molecule has 3 rings (SSSR count). The van der Waals surface area contributed by atoms with Crippen molar-refractivity contribution in [3.63, 3.8) is 0 Å². The summed E-state index contributed by atoms with van der Waals surface area (Å²) in [6.45, 7) is 1.29. The first-order valence-corrected chi connectivity index (χ1v) is 9.88. The summed E-state index contributed by atoms with van der Waals surface area (Å²) in [5, 5.41) is 10.5. The molecule has 2 aromatic rings. The summed E-state index contributed by atoms with van der Waals surface area (Å²) >= 11 is 0. The molecule has 0 spiro atoms. The number of rotatable bonds is 8. The summed E-state index contributed by atoms with van der Waals surface area (Å²) < 4.78 is 13.0. The fraction of sp³-hybridized carbons (Fsp3) is 0.524. The minimum atomic E-state index is -0.245. The van der Waals surface area contributed by atoms with E-state index in [4.69, 9.17) is 0 Å². The summed E-state index contributed by atoms with van der Waals surface area (Å²) in [6.07, 6.45) is 7.79. The SMILES string of the molecule is CN(CCCc1cc(-c2ccc(F)cc2)n[nH]1)CC(=O)NC1CCCCC1. The molecule has 1 aromatic heterocycles. The van der Waals surface area contributed by atoms with Gasteiger partial charge in [0.15, 0.2) is 0 Å². The third-order valence-corrected chi connectivity index (χ3v) is 5.14. The predicted molar refractivity (Wildman–Crippen MR) is 105 cm³/mol. The first-order valence-electron chi connectivity index (χ1n) is 9.88. The van der Waals surface area contributed by atoms with Crippen molar-refractivity contribution in [1.29, 1.82) is 0 Å². The second kappa shape index (κ2) is 9.65. The summed E-state index contributed by atoms with van der Waals surface area (Å²) in [4.78, 5) is 14.2. The average molecular weight is 372 g/mol. The third-order valence-electron chi connectivity index (χ3n) is 5.14. The molecule has 1 fully saturated rings. The molecular weight excluding hydrogens is 343 g/mol. The Kier molecular flexibility index (Phi) is 6.98. The average Bonchev–Trinajstić information content (AvgIpc) is 3.12. The molecule has 2 N–H and O–H groups in total. The minimum absolute atomic E-state index is 0.129. The first-order chi connectivity index (χ1) is 13.1. The first kappa shape index (κ1) is 19.5. The number of carbonyl (C=O) groups is 1. The Bertz CT molecular complexity index is 722. The lowest BCUT2D eigenvalue weighted by Crippen LogP contribution is -2.42. The summed E-state index contributed by atoms with van der Waals surface area (Å²) in [6, 6.07) is 8.72. The van der Waals surface area contributed by atoms with Gasteiger partial charge in [-0.3, -0.25) is 14.8 Å². The van der Waals surface area contributed by atoms with E-state index in [-0.39, 0.29) is 11.7 Å². The quantitative estimate of drug-likeness (QED) is 0.745. The van der Waals surface area contributed by atoms with Gasteiger partial charge in [0.05, 0.1) is 12.2 Å². The zero-order valence-corrected chi connectivity index (χ0v) is 16.0. The zero-order valence-electron chi connectivity index (χ0n) is 16.0. The second-order valence-corrected chi connectivity index (χ2v) is 7.53. The number of benzene rings is 1. The van der Waals surface area contributed by atoms with Crippen LogP contribution in [0, 0.1) is 5.82 Å². The van der Waals surface area contributed by atoms with Crippen LogP contribution >= 0.6 is 0 Å². The second-order valence-electron chi connectivity index (χ2n) is 7.53. The molecule has 0 atom stereocenters. The van der Waals surface area contributed by atoms with E-state index < -0.39 is 0 Å². The zero-order chi connectivity index (χ0) is 19.1. The minimum Gasteiger partial charge on any atom is -0.352 e. The highest BCUT2D eigenvalue weighted by Gasteiger charge is 2.16. The van der Waals surface area contributed by atoms with Gasteiger partial charge in [-0.05, 0) is 69.6 Å². The highest BCUT2D eigenvalue weighted by Crippen LogP contribution is 2.19. The molecule has 1 heterocycles. The van der Waals surface area contributed by atoms with Crippen molar-refractivity contribution >= 4 is 5.91 Å². The van der Waals surface area contributed by atoms with Gasteiger partial charge < -0.3 is 5.32 Å². The molecule has 6 heteroatoms. The summed E-state index contributed by atoms with van der Waals surface area (Å²) in [5.74, 6) is -0.116. The number of nitrogens with zero attached hydrogens (tertiary/aromatic N) is 2. The van der Waals surface area contributed by atoms with Gasteiger partial charge in [0, 0.05) is 17.3 Å². The van der Waals surface area contributed by atoms with Crippen molar-refractivity contribution in [1.82, 2.24) is 20.4 Å². The summed E-state index contributed by atoms with van der Waals surface area (Å²) in [7, 11) is 1.98. The lowest BCUT2D eigenvalue weighted by molar-refractivity contribution is -0.122. The topological polar surface area (TPSA) is 61.0 Å². The number of likely N-dealkylation sites (N-methyl/N-ethyl adjacent to an activating group) is 1. The molecule has 1 aliphatic rings. The Morgan fingerprint density at radius 2 is 2.00 bits per heavy atom. The smallest absolute Gasteiger partial charge is 0.234 e. The predicted octanol–water partition coefficient (Wildman–Crippen LogP) is 3.53. The van der Waals surface area contributed by atoms with Crippen molar-refractivity contribution in [2.24, 2.45) is 0 Å². The Morgan fingerprint density at radius 3 is 2.74 bits per heavy atom. The van der Waals surface area contributed by atoms with Gasteiger partial charge in [0.1, 0.15) is 5.82 Å². The van der Waals surface area contributed by atoms with Crippen molar-refractivity contribution in [2.45, 2.75) is 51.0 Å². The molecular formula is C21H29FN4O. The van der Waals surface area contributed by atoms with Crippen LogP contribution in [0.1, 0.15) is 44.2 Å². The maximum Gasteiger partial charge on any atom is 0.234 e. The van der Waals surface area contributed by atoms with Crippen LogP contribution < -0.4 is 5.32 Å². The van der Waals surface area contributed by atoms with E-state index in [1.54, 1.807) is 12.1 Å². The van der Waals surface area contributed by atoms with Crippen LogP contribution in [0.2, 0.25) is 0 Å². The van der Waals surface area contributed by atoms with E-state index >= 15 is 0 Å². The van der Waals surface area contributed by atoms with Crippen molar-refractivity contribution < 1.29 is 9.18 Å². The van der Waals surface area contributed by atoms with Gasteiger partial charge in [-0.25, -0.2) is 4.39 Å². The van der Waals surface area contributed by atoms with E-state index in [1.165, 1.54) is 31.4 Å². The van der Waals surface area contributed by atoms with Crippen LogP contribution in [0.4, 0.5) is 4.39 Å². The highest BCUT2D eigenvalue weighted by atomic mass is 19.1. The van der Waals surface area contributed by atoms with Crippen LogP contribution in [0.3, 0.4) is 0 Å². The lowest BCUT2D eigenvalue weighted by atomic mass is 9.95. The van der Waals surface area contributed by atoms with Gasteiger partial charge in [0.25, 0.3) is 0 Å². The van der Waals surface area contributed by atoms with E-state index in [2.05, 4.69) is 20.4 Å². The molecule has 5 nitrogen and oxygen atoms in total. The molecule has 1 aromatic carbocycles. The monoisotopic (exact) mass is 372 g/mol. The lowest BCUT2D eigenvalue weighted by Gasteiger charge is -2.24. The number of carbonyl (C=O) groups excluding carboxylic acids is 1. The molecule has 1 aliphatic carbocycles. The fourth-order valence-corrected chi connectivity index (χ4v) is 3.64. The molecule has 27 heavy (non-hydrogen) atoms. The van der Waals surface area contributed by atoms with E-state index in [9.17, 15) is 9.18 Å². The molecule has 0 radical (unpaired) electrons. The fourth-order valence-electron chi connectivity index (χ4n) is 3.64. The van der Waals surface area contributed by atoms with Crippen LogP contribution in [0.15, 0.2) is 30.3 Å². The number of hydrogen-bond acceptors (Lipinski definition) is 3. The van der Waals surface area contributed by atoms with Gasteiger partial charge in [-0.1, -0.05) is 19.3 Å². The van der Waals surface area contributed by atoms with Gasteiger partial charge >= 0.3 is 0 Å². The molecule has 1 saturated carbocycles. The molecule has 0 unspecified atom stereocenters. The normalized spacial score (nSPS) is 15.2. The van der Waals surface area contributed by atoms with E-state index in [0.717, 1.165) is 49.2 Å². The molecule has 0 aliphatic heterocycles. The standard InChI is InChI=1S/C21H29FN4O/c1-26(15-21(27)23-18-6-3-2-4-7-18)13-5-8-19-14-20(25-24-19)16-9-11-17(22)12-10-16/h9-12,14,18H,2-8,13,15H2,1H3,(H,23,27)(H,24,25). The van der Waals surface area contributed by atoms with Gasteiger partial charge in [-0.15, -0.1) is 0 Å². The van der Waals surface area contributed by atoms with Gasteiger partial charge in [0.2, 0.25) is 5.91 Å². The van der Waals surface area contributed by atoms with E-state index in [0.29, 0.717) is 12.6 Å². The Morgan fingerprint density at radius 1 is 1.26 bits per heavy atom. The van der Waals surface area contributed by atoms with Crippen LogP contribution in [-0.4, -0.2) is 47.2 Å². The van der Waals surface area contributed by atoms with Gasteiger partial charge in [-0.2, -0.15) is 5.10 Å². The highest BCUT2D eigenvalue weighted by molar-refractivity contribution is 5.78. The maximum absolute atomic E-state index is 13.0. The van der Waals surface area contributed by atoms with Crippen molar-refractivity contribution in [2.75, 3.05) is 20.1 Å². The number of aryl methyl sites for hydroxylation is 1. The molecule has 146 valence electrons. The molecule has 1 amide bonds. The largest absolute Gasteiger partial charge is 0.352 e. The number of amides is 1. The van der Waals surface area contributed by atoms with E-state index in [1.807, 2.05) is 13.1 Å². The number of H-pyrrole nitrogens is 1. The Labute approximate surface area is 160 Å². The summed E-state index contributed by atoms with van der Waals surface area (Å²) in [5.41, 5.74) is 2.77. The Balaban J connectivity index is 1.37. The maximum atomic E-state index is 13.0. The third kappa shape index (κ3) is 6.17. The number of nitrogens with one attached hydrogen (secondary N) is 2. The molecule has 0 saturated heterocycles. The molecule has 0 bridgehead atoms. The Hall–Kier alpha value is -2.21. The number of aromatic amines is 1. The number of hydrogen-bond donors (Lipinski definition) is 2. The van der Waals surface area contributed by atoms with Crippen molar-refractivity contribution in [3.8, 4) is 11.3 Å². The van der Waals surface area contributed by atoms with Crippen molar-refractivity contribution in [3.05, 3.63) is 41.8 Å². The number of aromatic nitrogens is 2.